The first-order chi connectivity index (χ1) is 7.92. The summed E-state index contributed by atoms with van der Waals surface area (Å²) in [4.78, 5) is 0. The van der Waals surface area contributed by atoms with Gasteiger partial charge in [0, 0.05) is 23.8 Å². The average molecular weight is 322 g/mol. The summed E-state index contributed by atoms with van der Waals surface area (Å²) in [6.45, 7) is 4.48. The summed E-state index contributed by atoms with van der Waals surface area (Å²) in [5.74, 6) is 0. The molecule has 2 atom stereocenters. The number of halogens is 2. The maximum atomic E-state index is 6.05. The molecule has 3 nitrogen and oxygen atoms in total. The van der Waals surface area contributed by atoms with Gasteiger partial charge in [0.05, 0.1) is 16.7 Å². The number of hydrogen-bond donors (Lipinski definition) is 2. The SMILES string of the molecule is COC(C)C(C)(CN)Nc1ccc(Br)c(Cl)c1. The van der Waals surface area contributed by atoms with Crippen LogP contribution in [0.5, 0.6) is 0 Å². The molecule has 1 aromatic carbocycles. The van der Waals surface area contributed by atoms with Crippen LogP contribution >= 0.6 is 27.5 Å². The molecule has 1 aromatic rings. The average Bonchev–Trinajstić information content (AvgIpc) is 2.32. The molecule has 0 bridgehead atoms. The van der Waals surface area contributed by atoms with Crippen molar-refractivity contribution in [1.82, 2.24) is 0 Å². The highest BCUT2D eigenvalue weighted by molar-refractivity contribution is 9.10. The van der Waals surface area contributed by atoms with Crippen LogP contribution in [0.3, 0.4) is 0 Å². The monoisotopic (exact) mass is 320 g/mol. The van der Waals surface area contributed by atoms with E-state index in [4.69, 9.17) is 22.1 Å². The van der Waals surface area contributed by atoms with E-state index in [2.05, 4.69) is 21.2 Å². The van der Waals surface area contributed by atoms with E-state index in [1.807, 2.05) is 32.0 Å². The molecule has 0 aliphatic carbocycles. The normalized spacial score (nSPS) is 16.4. The van der Waals surface area contributed by atoms with Gasteiger partial charge in [-0.25, -0.2) is 0 Å². The maximum absolute atomic E-state index is 6.05. The minimum Gasteiger partial charge on any atom is -0.379 e. The van der Waals surface area contributed by atoms with Crippen molar-refractivity contribution < 1.29 is 4.74 Å². The maximum Gasteiger partial charge on any atom is 0.0782 e. The predicted molar refractivity (Wildman–Crippen MR) is 76.7 cm³/mol. The van der Waals surface area contributed by atoms with Gasteiger partial charge in [0.1, 0.15) is 0 Å². The second-order valence-corrected chi connectivity index (χ2v) is 5.51. The number of nitrogens with one attached hydrogen (secondary N) is 1. The number of benzene rings is 1. The fourth-order valence-electron chi connectivity index (χ4n) is 1.48. The van der Waals surface area contributed by atoms with Gasteiger partial charge in [0.25, 0.3) is 0 Å². The predicted octanol–water partition coefficient (Wildman–Crippen LogP) is 3.27. The third-order valence-corrected chi connectivity index (χ3v) is 4.26. The fourth-order valence-corrected chi connectivity index (χ4v) is 1.91. The van der Waals surface area contributed by atoms with Crippen molar-refractivity contribution in [2.24, 2.45) is 5.73 Å². The first kappa shape index (κ1) is 14.8. The second-order valence-electron chi connectivity index (χ2n) is 4.25. The van der Waals surface area contributed by atoms with Crippen molar-refractivity contribution in [1.29, 1.82) is 0 Å². The highest BCUT2D eigenvalue weighted by Gasteiger charge is 2.29. The molecule has 0 aliphatic rings. The highest BCUT2D eigenvalue weighted by atomic mass is 79.9. The Kier molecular flexibility index (Phi) is 5.25. The quantitative estimate of drug-likeness (QED) is 0.875. The molecule has 5 heteroatoms. The molecule has 0 aromatic heterocycles. The van der Waals surface area contributed by atoms with Crippen molar-refractivity contribution in [2.75, 3.05) is 19.0 Å². The van der Waals surface area contributed by atoms with Gasteiger partial charge in [-0.3, -0.25) is 0 Å². The van der Waals surface area contributed by atoms with Crippen molar-refractivity contribution in [2.45, 2.75) is 25.5 Å². The van der Waals surface area contributed by atoms with Crippen LogP contribution in [-0.2, 0) is 4.74 Å². The number of ether oxygens (including phenoxy) is 1. The summed E-state index contributed by atoms with van der Waals surface area (Å²) >= 11 is 9.41. The lowest BCUT2D eigenvalue weighted by atomic mass is 9.95. The van der Waals surface area contributed by atoms with Crippen LogP contribution < -0.4 is 11.1 Å². The Morgan fingerprint density at radius 3 is 2.71 bits per heavy atom. The Balaban J connectivity index is 2.91. The molecule has 3 N–H and O–H groups in total. The molecule has 0 spiro atoms. The molecule has 0 amide bonds. The van der Waals surface area contributed by atoms with Crippen LogP contribution in [0.4, 0.5) is 5.69 Å². The summed E-state index contributed by atoms with van der Waals surface area (Å²) in [6.07, 6.45) is -0.00470. The molecule has 96 valence electrons. The first-order valence-electron chi connectivity index (χ1n) is 5.39. The molecule has 0 saturated carbocycles. The molecule has 2 unspecified atom stereocenters. The van der Waals surface area contributed by atoms with Crippen molar-refractivity contribution in [3.8, 4) is 0 Å². The summed E-state index contributed by atoms with van der Waals surface area (Å²) < 4.78 is 6.22. The fraction of sp³-hybridized carbons (Fsp3) is 0.500. The zero-order chi connectivity index (χ0) is 13.1. The number of methoxy groups -OCH3 is 1. The topological polar surface area (TPSA) is 47.3 Å². The Labute approximate surface area is 116 Å². The van der Waals surface area contributed by atoms with E-state index >= 15 is 0 Å². The summed E-state index contributed by atoms with van der Waals surface area (Å²) in [5, 5.41) is 4.03. The van der Waals surface area contributed by atoms with Crippen molar-refractivity contribution >= 4 is 33.2 Å². The Hall–Kier alpha value is -0.290. The molecule has 0 fully saturated rings. The van der Waals surface area contributed by atoms with E-state index in [1.165, 1.54) is 0 Å². The Bertz CT molecular complexity index is 389. The molecule has 0 aliphatic heterocycles. The van der Waals surface area contributed by atoms with E-state index in [-0.39, 0.29) is 11.6 Å². The molecule has 0 saturated heterocycles. The van der Waals surface area contributed by atoms with Crippen LogP contribution in [0.25, 0.3) is 0 Å². The minimum absolute atomic E-state index is 0.00470. The van der Waals surface area contributed by atoms with Crippen LogP contribution in [-0.4, -0.2) is 25.3 Å². The largest absolute Gasteiger partial charge is 0.379 e. The lowest BCUT2D eigenvalue weighted by Crippen LogP contribution is -2.51. The second kappa shape index (κ2) is 6.05. The van der Waals surface area contributed by atoms with Gasteiger partial charge < -0.3 is 15.8 Å². The molecule has 0 heterocycles. The third-order valence-electron chi connectivity index (χ3n) is 3.02. The van der Waals surface area contributed by atoms with Gasteiger partial charge in [0.2, 0.25) is 0 Å². The summed E-state index contributed by atoms with van der Waals surface area (Å²) in [7, 11) is 1.68. The third kappa shape index (κ3) is 3.58. The Morgan fingerprint density at radius 1 is 1.59 bits per heavy atom. The van der Waals surface area contributed by atoms with Crippen molar-refractivity contribution in [3.63, 3.8) is 0 Å². The molecule has 0 radical (unpaired) electrons. The van der Waals surface area contributed by atoms with Gasteiger partial charge in [-0.05, 0) is 48.0 Å². The van der Waals surface area contributed by atoms with Gasteiger partial charge in [-0.1, -0.05) is 11.6 Å². The molecular weight excluding hydrogens is 304 g/mol. The van der Waals surface area contributed by atoms with Crippen LogP contribution in [0.2, 0.25) is 5.02 Å². The van der Waals surface area contributed by atoms with Gasteiger partial charge >= 0.3 is 0 Å². The van der Waals surface area contributed by atoms with Crippen LogP contribution in [0.15, 0.2) is 22.7 Å². The van der Waals surface area contributed by atoms with Crippen LogP contribution in [0.1, 0.15) is 13.8 Å². The number of nitrogens with two attached hydrogens (primary N) is 1. The summed E-state index contributed by atoms with van der Waals surface area (Å²) in [6, 6.07) is 5.72. The summed E-state index contributed by atoms with van der Waals surface area (Å²) in [5.41, 5.74) is 6.41. The lowest BCUT2D eigenvalue weighted by molar-refractivity contribution is 0.0688. The van der Waals surface area contributed by atoms with Crippen molar-refractivity contribution in [3.05, 3.63) is 27.7 Å². The minimum atomic E-state index is -0.327. The number of anilines is 1. The van der Waals surface area contributed by atoms with E-state index in [0.29, 0.717) is 11.6 Å². The number of hydrogen-bond acceptors (Lipinski definition) is 3. The zero-order valence-electron chi connectivity index (χ0n) is 10.3. The van der Waals surface area contributed by atoms with E-state index in [9.17, 15) is 0 Å². The van der Waals surface area contributed by atoms with E-state index in [0.717, 1.165) is 10.2 Å². The van der Waals surface area contributed by atoms with Crippen LogP contribution in [0, 0.1) is 0 Å². The molecule has 17 heavy (non-hydrogen) atoms. The van der Waals surface area contributed by atoms with Gasteiger partial charge in [-0.15, -0.1) is 0 Å². The van der Waals surface area contributed by atoms with Gasteiger partial charge in [-0.2, -0.15) is 0 Å². The first-order valence-corrected chi connectivity index (χ1v) is 6.56. The van der Waals surface area contributed by atoms with Gasteiger partial charge in [0.15, 0.2) is 0 Å². The standard InChI is InChI=1S/C12H18BrClN2O/c1-8(17-3)12(2,7-15)16-9-4-5-10(13)11(14)6-9/h4-6,8,16H,7,15H2,1-3H3. The smallest absolute Gasteiger partial charge is 0.0782 e. The van der Waals surface area contributed by atoms with E-state index < -0.39 is 0 Å². The zero-order valence-corrected chi connectivity index (χ0v) is 12.6. The Morgan fingerprint density at radius 2 is 2.24 bits per heavy atom. The van der Waals surface area contributed by atoms with E-state index in [1.54, 1.807) is 7.11 Å². The molecular formula is C12H18BrClN2O. The number of rotatable bonds is 5. The molecule has 1 rings (SSSR count). The lowest BCUT2D eigenvalue weighted by Gasteiger charge is -2.35. The highest BCUT2D eigenvalue weighted by Crippen LogP contribution is 2.28.